The van der Waals surface area contributed by atoms with Gasteiger partial charge in [-0.05, 0) is 159 Å². The summed E-state index contributed by atoms with van der Waals surface area (Å²) in [6, 6.07) is 5.72. The lowest BCUT2D eigenvalue weighted by molar-refractivity contribution is 0.0810. The zero-order valence-corrected chi connectivity index (χ0v) is 57.9. The van der Waals surface area contributed by atoms with E-state index in [4.69, 9.17) is 66.7 Å². The van der Waals surface area contributed by atoms with Gasteiger partial charge >= 0.3 is 60.2 Å². The van der Waals surface area contributed by atoms with Gasteiger partial charge in [0, 0.05) is 62.2 Å². The highest BCUT2D eigenvalue weighted by atomic mass is 35.5. The van der Waals surface area contributed by atoms with E-state index in [1.165, 1.54) is 33.3 Å². The molecule has 88 heavy (non-hydrogen) atoms. The van der Waals surface area contributed by atoms with Crippen LogP contribution in [0, 0.1) is 0 Å². The van der Waals surface area contributed by atoms with Crippen LogP contribution in [0.5, 0.6) is 0 Å². The van der Waals surface area contributed by atoms with Crippen LogP contribution in [0.1, 0.15) is 122 Å². The number of hydrogen-bond donors (Lipinski definition) is 0. The summed E-state index contributed by atoms with van der Waals surface area (Å²) in [5.41, 5.74) is -1.35. The predicted octanol–water partition coefficient (Wildman–Crippen LogP) is 14.8. The zero-order valence-electron chi connectivity index (χ0n) is 53.5. The third kappa shape index (κ3) is 31.0. The minimum Gasteiger partial charge on any atom is -0.454 e. The molecule has 1 aromatic heterocycles. The molecule has 0 spiro atoms. The number of nitrogens with zero attached hydrogens (tertiary/aromatic N) is 5. The predicted molar refractivity (Wildman–Crippen MR) is 335 cm³/mol. The molecule has 4 aliphatic heterocycles. The van der Waals surface area contributed by atoms with Gasteiger partial charge in [0.2, 0.25) is 0 Å². The Morgan fingerprint density at radius 1 is 0.443 bits per heavy atom. The Morgan fingerprint density at radius 2 is 0.875 bits per heavy atom. The third-order valence-electron chi connectivity index (χ3n) is 11.5. The number of rotatable bonds is 25. The molecule has 5 rings (SSSR count). The number of ether oxygens (including phenoxy) is 5. The van der Waals surface area contributed by atoms with Crippen LogP contribution >= 0.6 is 42.0 Å². The largest absolute Gasteiger partial charge is 0.454 e. The van der Waals surface area contributed by atoms with Crippen molar-refractivity contribution in [2.75, 3.05) is 106 Å². The van der Waals surface area contributed by atoms with Crippen molar-refractivity contribution in [1.82, 2.24) is 24.6 Å². The SMILES string of the molecule is CCOC(=O)Cl.CCOC(=O)N1C=CC(P(=O)(OCC)OCC)C=C1.CCOC(=O)N1C=CC=CC1P(=O)(OCC)OCC.CCOC(=O)N1CCC(P(=O)(OCC)OCC)CC1.CCOC(=O)N1CCCCC1P(=O)(OCC)OCC.c1ccncc1. The Balaban J connectivity index is 0.00000107. The quantitative estimate of drug-likeness (QED) is 0.0499. The average molecular weight is 1350 g/mol. The molecule has 4 aliphatic rings. The molecule has 0 aliphatic carbocycles. The summed E-state index contributed by atoms with van der Waals surface area (Å²) >= 11 is 4.72. The van der Waals surface area contributed by atoms with E-state index in [1.807, 2.05) is 18.2 Å². The van der Waals surface area contributed by atoms with Crippen LogP contribution in [0.2, 0.25) is 0 Å². The van der Waals surface area contributed by atoms with Gasteiger partial charge in [-0.1, -0.05) is 12.1 Å². The number of carbonyl (C=O) groups is 5. The number of pyridine rings is 1. The van der Waals surface area contributed by atoms with Gasteiger partial charge in [0.1, 0.15) is 11.4 Å². The van der Waals surface area contributed by atoms with Crippen molar-refractivity contribution in [1.29, 1.82) is 0 Å². The van der Waals surface area contributed by atoms with Crippen LogP contribution in [0.25, 0.3) is 0 Å². The fourth-order valence-corrected chi connectivity index (χ4v) is 16.1. The second kappa shape index (κ2) is 48.4. The lowest BCUT2D eigenvalue weighted by atomic mass is 10.1. The summed E-state index contributed by atoms with van der Waals surface area (Å²) in [6.45, 7) is 28.4. The molecule has 0 bridgehead atoms. The molecule has 2 fully saturated rings. The molecule has 32 heteroatoms. The fraction of sp³-hybridized carbons (Fsp3) is 0.679. The maximum absolute atomic E-state index is 12.8. The highest BCUT2D eigenvalue weighted by Gasteiger charge is 2.45. The van der Waals surface area contributed by atoms with E-state index < -0.39 is 71.3 Å². The van der Waals surface area contributed by atoms with Gasteiger partial charge in [-0.25, -0.2) is 24.0 Å². The first-order valence-electron chi connectivity index (χ1n) is 29.8. The molecule has 2 atom stereocenters. The van der Waals surface area contributed by atoms with Crippen molar-refractivity contribution in [3.05, 3.63) is 79.6 Å². The molecule has 2 unspecified atom stereocenters. The lowest BCUT2D eigenvalue weighted by Crippen LogP contribution is -2.44. The third-order valence-corrected chi connectivity index (χ3v) is 21.4. The molecule has 506 valence electrons. The van der Waals surface area contributed by atoms with Gasteiger partial charge in [0.25, 0.3) is 0 Å². The van der Waals surface area contributed by atoms with E-state index >= 15 is 0 Å². The minimum absolute atomic E-state index is 0.127. The van der Waals surface area contributed by atoms with Gasteiger partial charge in [0.05, 0.1) is 91.5 Å². The van der Waals surface area contributed by atoms with E-state index in [0.717, 1.165) is 12.8 Å². The first-order valence-corrected chi connectivity index (χ1v) is 36.6. The van der Waals surface area contributed by atoms with Crippen LogP contribution in [-0.4, -0.2) is 183 Å². The van der Waals surface area contributed by atoms with Crippen molar-refractivity contribution in [3.63, 3.8) is 0 Å². The number of likely N-dealkylation sites (tertiary alicyclic amines) is 2. The summed E-state index contributed by atoms with van der Waals surface area (Å²) in [7, 11) is -13.0. The topological polar surface area (TPSA) is 299 Å². The van der Waals surface area contributed by atoms with Gasteiger partial charge < -0.3 is 64.8 Å². The molecule has 0 saturated carbocycles. The molecule has 5 heterocycles. The molecule has 0 radical (unpaired) electrons. The Kier molecular flexibility index (Phi) is 45.9. The normalized spacial score (nSPS) is 16.7. The molecule has 27 nitrogen and oxygen atoms in total. The summed E-state index contributed by atoms with van der Waals surface area (Å²) in [5, 5.41) is 0. The average Bonchev–Trinajstić information content (AvgIpc) is 1.11. The summed E-state index contributed by atoms with van der Waals surface area (Å²) < 4.78 is 117. The second-order valence-electron chi connectivity index (χ2n) is 17.5. The molecular weight excluding hydrogens is 1250 g/mol. The zero-order chi connectivity index (χ0) is 66.4. The molecule has 1 aromatic rings. The number of halogens is 1. The standard InChI is InChI=1S/C12H24NO5P.C12H20NO5P.C12H24NO5P.C12H20NO5P.C5H5N.C3H5ClO2/c2*1-4-16-12(14)13-9-7-11(8-10-13)19(15,17-5-2)18-6-3;2*1-4-16-12(14)13-10-8-7-9-11(13)19(15,17-5-2)18-6-3;1-2-4-6-5-3-1;1-2-6-3(4)5/h11H,4-10H2,1-3H3;7-11H,4-6H2,1-3H3;11H,4-10H2,1-3H3;7-11H,4-6H2,1-3H3;1-5H;2H2,1H3. The van der Waals surface area contributed by atoms with Gasteiger partial charge in [-0.15, -0.1) is 0 Å². The van der Waals surface area contributed by atoms with Crippen molar-refractivity contribution in [3.8, 4) is 0 Å². The van der Waals surface area contributed by atoms with Crippen molar-refractivity contribution in [2.24, 2.45) is 0 Å². The first-order chi connectivity index (χ1) is 42.1. The Hall–Kier alpha value is -4.45. The fourth-order valence-electron chi connectivity index (χ4n) is 8.08. The van der Waals surface area contributed by atoms with Gasteiger partial charge in [0.15, 0.2) is 5.78 Å². The number of piperidine rings is 2. The Morgan fingerprint density at radius 3 is 1.30 bits per heavy atom. The van der Waals surface area contributed by atoms with Crippen molar-refractivity contribution >= 4 is 71.8 Å². The molecule has 0 aromatic carbocycles. The smallest absolute Gasteiger partial charge is 0.417 e. The number of amides is 4. The Bertz CT molecular complexity index is 2360. The monoisotopic (exact) mass is 1350 g/mol. The number of carbonyl (C=O) groups excluding carboxylic acids is 5. The molecular formula is C56H98ClN5O22P4. The van der Waals surface area contributed by atoms with Crippen LogP contribution in [-0.2, 0) is 78.1 Å². The highest BCUT2D eigenvalue weighted by Crippen LogP contribution is 2.59. The summed E-state index contributed by atoms with van der Waals surface area (Å²) in [5.74, 6) is -1.32. The van der Waals surface area contributed by atoms with Crippen LogP contribution in [0.4, 0.5) is 24.0 Å². The van der Waals surface area contributed by atoms with E-state index in [2.05, 4.69) is 9.72 Å². The second-order valence-corrected chi connectivity index (χ2v) is 26.7. The van der Waals surface area contributed by atoms with Gasteiger partial charge in [-0.2, -0.15) is 0 Å². The first kappa shape index (κ1) is 83.5. The summed E-state index contributed by atoms with van der Waals surface area (Å²) in [6.07, 6.45) is 18.1. The maximum atomic E-state index is 12.8. The number of hydrogen-bond acceptors (Lipinski definition) is 23. The van der Waals surface area contributed by atoms with Crippen molar-refractivity contribution in [2.45, 2.75) is 145 Å². The van der Waals surface area contributed by atoms with E-state index in [0.29, 0.717) is 105 Å². The molecule has 4 amide bonds. The maximum Gasteiger partial charge on any atom is 0.417 e. The molecule has 2 saturated heterocycles. The Labute approximate surface area is 526 Å². The van der Waals surface area contributed by atoms with Crippen molar-refractivity contribution < 1.29 is 102 Å². The molecule has 0 N–H and O–H groups in total. The van der Waals surface area contributed by atoms with Crippen LogP contribution < -0.4 is 0 Å². The van der Waals surface area contributed by atoms with Gasteiger partial charge in [-0.3, -0.25) is 37.9 Å². The van der Waals surface area contributed by atoms with E-state index in [1.54, 1.807) is 138 Å². The van der Waals surface area contributed by atoms with E-state index in [-0.39, 0.29) is 31.6 Å². The van der Waals surface area contributed by atoms with Crippen LogP contribution in [0.3, 0.4) is 0 Å². The van der Waals surface area contributed by atoms with Crippen LogP contribution in [0.15, 0.2) is 79.6 Å². The lowest BCUT2D eigenvalue weighted by Gasteiger charge is -2.37. The highest BCUT2D eigenvalue weighted by molar-refractivity contribution is 7.55. The minimum atomic E-state index is -3.44. The summed E-state index contributed by atoms with van der Waals surface area (Å²) in [4.78, 5) is 65.9. The number of aromatic nitrogens is 1. The number of allylic oxidation sites excluding steroid dienone is 4. The van der Waals surface area contributed by atoms with E-state index in [9.17, 15) is 42.2 Å².